The van der Waals surface area contributed by atoms with Gasteiger partial charge in [-0.1, -0.05) is 19.1 Å². The van der Waals surface area contributed by atoms with Crippen LogP contribution in [0.25, 0.3) is 0 Å². The lowest BCUT2D eigenvalue weighted by Crippen LogP contribution is -2.22. The first-order chi connectivity index (χ1) is 13.2. The summed E-state index contributed by atoms with van der Waals surface area (Å²) in [7, 11) is -3.68. The molecule has 1 amide bonds. The number of halogens is 1. The van der Waals surface area contributed by atoms with Crippen molar-refractivity contribution < 1.29 is 32.1 Å². The van der Waals surface area contributed by atoms with Crippen molar-refractivity contribution >= 4 is 33.1 Å². The standard InChI is InChI=1S/C17H15FN2O7S/c1-2-28(25,26)15-6-4-3-5-12(15)17(22)27-10-16(21)19-11-7-8-13(18)14(9-11)20(23)24/h3-9H,2,10H2,1H3,(H,19,21). The van der Waals surface area contributed by atoms with Crippen molar-refractivity contribution in [1.29, 1.82) is 0 Å². The third-order valence-corrected chi connectivity index (χ3v) is 5.37. The number of amides is 1. The summed E-state index contributed by atoms with van der Waals surface area (Å²) in [5.74, 6) is -3.15. The minimum Gasteiger partial charge on any atom is -0.452 e. The van der Waals surface area contributed by atoms with E-state index in [1.165, 1.54) is 31.2 Å². The summed E-state index contributed by atoms with van der Waals surface area (Å²) in [6.45, 7) is 0.650. The molecule has 2 rings (SSSR count). The van der Waals surface area contributed by atoms with E-state index in [1.807, 2.05) is 0 Å². The van der Waals surface area contributed by atoms with Crippen LogP contribution in [0.1, 0.15) is 17.3 Å². The van der Waals surface area contributed by atoms with Crippen LogP contribution >= 0.6 is 0 Å². The van der Waals surface area contributed by atoms with Gasteiger partial charge in [-0.05, 0) is 24.3 Å². The van der Waals surface area contributed by atoms with Crippen molar-refractivity contribution in [3.63, 3.8) is 0 Å². The molecule has 0 bridgehead atoms. The molecule has 0 unspecified atom stereocenters. The molecule has 0 saturated heterocycles. The van der Waals surface area contributed by atoms with Crippen LogP contribution in [0.4, 0.5) is 15.8 Å². The maximum absolute atomic E-state index is 13.3. The number of anilines is 1. The van der Waals surface area contributed by atoms with Crippen molar-refractivity contribution in [1.82, 2.24) is 0 Å². The molecule has 2 aromatic carbocycles. The van der Waals surface area contributed by atoms with Crippen LogP contribution in [0.15, 0.2) is 47.4 Å². The number of hydrogen-bond acceptors (Lipinski definition) is 7. The highest BCUT2D eigenvalue weighted by atomic mass is 32.2. The first-order valence-corrected chi connectivity index (χ1v) is 9.53. The monoisotopic (exact) mass is 410 g/mol. The van der Waals surface area contributed by atoms with E-state index in [0.717, 1.165) is 18.2 Å². The Balaban J connectivity index is 2.07. The zero-order valence-electron chi connectivity index (χ0n) is 14.5. The Morgan fingerprint density at radius 3 is 2.54 bits per heavy atom. The third kappa shape index (κ3) is 4.88. The third-order valence-electron chi connectivity index (χ3n) is 3.58. The Kier molecular flexibility index (Phi) is 6.41. The van der Waals surface area contributed by atoms with E-state index >= 15 is 0 Å². The van der Waals surface area contributed by atoms with Gasteiger partial charge in [0.15, 0.2) is 16.4 Å². The van der Waals surface area contributed by atoms with Crippen LogP contribution in [0, 0.1) is 15.9 Å². The van der Waals surface area contributed by atoms with Gasteiger partial charge in [-0.3, -0.25) is 14.9 Å². The molecule has 11 heteroatoms. The molecule has 1 N–H and O–H groups in total. The van der Waals surface area contributed by atoms with E-state index in [1.54, 1.807) is 0 Å². The number of ether oxygens (including phenoxy) is 1. The number of hydrogen-bond donors (Lipinski definition) is 1. The fraction of sp³-hybridized carbons (Fsp3) is 0.176. The second-order valence-corrected chi connectivity index (χ2v) is 7.69. The Labute approximate surface area is 159 Å². The van der Waals surface area contributed by atoms with E-state index in [0.29, 0.717) is 0 Å². The lowest BCUT2D eigenvalue weighted by molar-refractivity contribution is -0.387. The Morgan fingerprint density at radius 1 is 1.21 bits per heavy atom. The fourth-order valence-electron chi connectivity index (χ4n) is 2.20. The second kappa shape index (κ2) is 8.57. The van der Waals surface area contributed by atoms with E-state index < -0.39 is 44.7 Å². The molecule has 0 aliphatic heterocycles. The summed E-state index contributed by atoms with van der Waals surface area (Å²) in [6, 6.07) is 8.14. The predicted octanol–water partition coefficient (Wildman–Crippen LogP) is 2.32. The van der Waals surface area contributed by atoms with Crippen molar-refractivity contribution in [2.75, 3.05) is 17.7 Å². The number of nitrogens with zero attached hydrogens (tertiary/aromatic N) is 1. The lowest BCUT2D eigenvalue weighted by atomic mass is 10.2. The average molecular weight is 410 g/mol. The second-order valence-electron chi connectivity index (χ2n) is 5.45. The van der Waals surface area contributed by atoms with Crippen LogP contribution in [0.2, 0.25) is 0 Å². The van der Waals surface area contributed by atoms with Crippen LogP contribution in [-0.4, -0.2) is 37.6 Å². The molecule has 28 heavy (non-hydrogen) atoms. The maximum Gasteiger partial charge on any atom is 0.339 e. The first kappa shape index (κ1) is 21.0. The highest BCUT2D eigenvalue weighted by molar-refractivity contribution is 7.91. The summed E-state index contributed by atoms with van der Waals surface area (Å²) >= 11 is 0. The summed E-state index contributed by atoms with van der Waals surface area (Å²) in [6.07, 6.45) is 0. The van der Waals surface area contributed by atoms with Gasteiger partial charge in [-0.2, -0.15) is 4.39 Å². The highest BCUT2D eigenvalue weighted by Crippen LogP contribution is 2.22. The Morgan fingerprint density at radius 2 is 1.89 bits per heavy atom. The molecule has 0 fully saturated rings. The largest absolute Gasteiger partial charge is 0.452 e. The SMILES string of the molecule is CCS(=O)(=O)c1ccccc1C(=O)OCC(=O)Nc1ccc(F)c([N+](=O)[O-])c1. The molecule has 148 valence electrons. The number of esters is 1. The van der Waals surface area contributed by atoms with Crippen molar-refractivity contribution in [2.24, 2.45) is 0 Å². The smallest absolute Gasteiger partial charge is 0.339 e. The van der Waals surface area contributed by atoms with Crippen LogP contribution in [0.3, 0.4) is 0 Å². The van der Waals surface area contributed by atoms with Gasteiger partial charge in [0.1, 0.15) is 0 Å². The van der Waals surface area contributed by atoms with Crippen LogP contribution in [-0.2, 0) is 19.4 Å². The van der Waals surface area contributed by atoms with E-state index in [-0.39, 0.29) is 21.9 Å². The van der Waals surface area contributed by atoms with Crippen molar-refractivity contribution in [2.45, 2.75) is 11.8 Å². The molecule has 0 heterocycles. The number of rotatable bonds is 7. The fourth-order valence-corrected chi connectivity index (χ4v) is 3.28. The predicted molar refractivity (Wildman–Crippen MR) is 96.1 cm³/mol. The minimum atomic E-state index is -3.68. The molecule has 2 aromatic rings. The lowest BCUT2D eigenvalue weighted by Gasteiger charge is -2.10. The summed E-state index contributed by atoms with van der Waals surface area (Å²) in [5, 5.41) is 12.9. The van der Waals surface area contributed by atoms with Gasteiger partial charge in [-0.25, -0.2) is 13.2 Å². The van der Waals surface area contributed by atoms with Gasteiger partial charge in [0, 0.05) is 11.8 Å². The van der Waals surface area contributed by atoms with Gasteiger partial charge in [0.05, 0.1) is 21.1 Å². The van der Waals surface area contributed by atoms with Gasteiger partial charge < -0.3 is 10.1 Å². The maximum atomic E-state index is 13.3. The van der Waals surface area contributed by atoms with E-state index in [4.69, 9.17) is 4.74 Å². The number of sulfone groups is 1. The molecule has 9 nitrogen and oxygen atoms in total. The van der Waals surface area contributed by atoms with Crippen molar-refractivity contribution in [3.8, 4) is 0 Å². The Bertz CT molecular complexity index is 1040. The van der Waals surface area contributed by atoms with Gasteiger partial charge in [0.2, 0.25) is 5.82 Å². The van der Waals surface area contributed by atoms with Gasteiger partial charge in [-0.15, -0.1) is 0 Å². The number of nitro groups is 1. The first-order valence-electron chi connectivity index (χ1n) is 7.88. The number of carbonyl (C=O) groups is 2. The number of nitrogens with one attached hydrogen (secondary N) is 1. The molecule has 0 atom stereocenters. The minimum absolute atomic E-state index is 0.0666. The van der Waals surface area contributed by atoms with E-state index in [2.05, 4.69) is 5.32 Å². The van der Waals surface area contributed by atoms with E-state index in [9.17, 15) is 32.5 Å². The summed E-state index contributed by atoms with van der Waals surface area (Å²) in [5.41, 5.74) is -1.11. The molecular formula is C17H15FN2O7S. The molecule has 0 radical (unpaired) electrons. The summed E-state index contributed by atoms with van der Waals surface area (Å²) < 4.78 is 42.2. The zero-order chi connectivity index (χ0) is 20.9. The van der Waals surface area contributed by atoms with Crippen molar-refractivity contribution in [3.05, 3.63) is 64.0 Å². The Hall–Kier alpha value is -3.34. The normalized spacial score (nSPS) is 10.9. The highest BCUT2D eigenvalue weighted by Gasteiger charge is 2.22. The molecule has 0 aromatic heterocycles. The molecule has 0 aliphatic carbocycles. The van der Waals surface area contributed by atoms with Gasteiger partial charge >= 0.3 is 11.7 Å². The topological polar surface area (TPSA) is 133 Å². The molecule has 0 spiro atoms. The number of nitro benzene ring substituents is 1. The van der Waals surface area contributed by atoms with Crippen LogP contribution in [0.5, 0.6) is 0 Å². The molecule has 0 aliphatic rings. The zero-order valence-corrected chi connectivity index (χ0v) is 15.4. The quantitative estimate of drug-likeness (QED) is 0.421. The average Bonchev–Trinajstić information content (AvgIpc) is 2.67. The van der Waals surface area contributed by atoms with Crippen LogP contribution < -0.4 is 5.32 Å². The molecule has 0 saturated carbocycles. The summed E-state index contributed by atoms with van der Waals surface area (Å²) in [4.78, 5) is 33.6. The number of carbonyl (C=O) groups excluding carboxylic acids is 2. The van der Waals surface area contributed by atoms with Gasteiger partial charge in [0.25, 0.3) is 5.91 Å². The number of benzene rings is 2. The molecular weight excluding hydrogens is 395 g/mol.